The van der Waals surface area contributed by atoms with Gasteiger partial charge in [-0.05, 0) is 12.1 Å². The maximum absolute atomic E-state index is 12.6. The van der Waals surface area contributed by atoms with E-state index in [0.717, 1.165) is 5.39 Å². The Bertz CT molecular complexity index is 927. The fourth-order valence-electron chi connectivity index (χ4n) is 3.09. The Morgan fingerprint density at radius 1 is 0.913 bits per heavy atom. The summed E-state index contributed by atoms with van der Waals surface area (Å²) in [5.74, 6) is -0.668. The van der Waals surface area contributed by atoms with Gasteiger partial charge in [0.05, 0.1) is 18.3 Å². The number of methoxy groups -OCH3 is 1. The zero-order valence-corrected chi connectivity index (χ0v) is 12.4. The van der Waals surface area contributed by atoms with Crippen LogP contribution in [0.1, 0.15) is 32.3 Å². The van der Waals surface area contributed by atoms with E-state index in [4.69, 9.17) is 4.74 Å². The van der Waals surface area contributed by atoms with E-state index in [1.807, 2.05) is 24.3 Å². The Hall–Kier alpha value is -3.01. The van der Waals surface area contributed by atoms with Gasteiger partial charge in [-0.15, -0.1) is 0 Å². The Labute approximate surface area is 132 Å². The maximum atomic E-state index is 12.6. The molecule has 1 heterocycles. The largest absolute Gasteiger partial charge is 0.496 e. The third-order valence-corrected chi connectivity index (χ3v) is 4.20. The van der Waals surface area contributed by atoms with Crippen molar-refractivity contribution in [3.05, 3.63) is 71.4 Å². The molecule has 4 heteroatoms. The summed E-state index contributed by atoms with van der Waals surface area (Å²) in [5, 5.41) is 0.856. The van der Waals surface area contributed by atoms with Gasteiger partial charge < -0.3 is 4.74 Å². The summed E-state index contributed by atoms with van der Waals surface area (Å²) in [5.41, 5.74) is 2.08. The van der Waals surface area contributed by atoms with Crippen molar-refractivity contribution in [3.8, 4) is 5.75 Å². The van der Waals surface area contributed by atoms with Gasteiger partial charge in [0.2, 0.25) is 0 Å². The van der Waals surface area contributed by atoms with Crippen LogP contribution in [0.25, 0.3) is 10.9 Å². The predicted octanol–water partition coefficient (Wildman–Crippen LogP) is 3.41. The van der Waals surface area contributed by atoms with Crippen LogP contribution in [0.3, 0.4) is 0 Å². The first-order valence-electron chi connectivity index (χ1n) is 7.32. The van der Waals surface area contributed by atoms with Gasteiger partial charge in [-0.2, -0.15) is 0 Å². The van der Waals surface area contributed by atoms with Crippen molar-refractivity contribution in [2.45, 2.75) is 5.92 Å². The van der Waals surface area contributed by atoms with Crippen LogP contribution >= 0.6 is 0 Å². The van der Waals surface area contributed by atoms with E-state index >= 15 is 0 Å². The Balaban J connectivity index is 1.91. The first-order valence-corrected chi connectivity index (χ1v) is 7.32. The minimum absolute atomic E-state index is 0.199. The van der Waals surface area contributed by atoms with Crippen molar-refractivity contribution in [2.75, 3.05) is 7.11 Å². The lowest BCUT2D eigenvalue weighted by Crippen LogP contribution is -2.14. The highest BCUT2D eigenvalue weighted by Gasteiger charge is 2.40. The molecule has 112 valence electrons. The molecule has 0 saturated heterocycles. The van der Waals surface area contributed by atoms with Gasteiger partial charge in [-0.1, -0.05) is 36.4 Å². The Morgan fingerprint density at radius 2 is 1.52 bits per heavy atom. The number of pyridine rings is 1. The number of Topliss-reactive ketones (excluding diaryl/α,β-unsaturated/α-hetero) is 2. The topological polar surface area (TPSA) is 56.3 Å². The predicted molar refractivity (Wildman–Crippen MR) is 86.1 cm³/mol. The van der Waals surface area contributed by atoms with E-state index in [-0.39, 0.29) is 11.6 Å². The number of para-hydroxylation sites is 1. The number of fused-ring (bicyclic) bond motifs is 2. The molecule has 0 spiro atoms. The molecule has 23 heavy (non-hydrogen) atoms. The summed E-state index contributed by atoms with van der Waals surface area (Å²) in [4.78, 5) is 29.8. The number of ketones is 2. The monoisotopic (exact) mass is 303 g/mol. The van der Waals surface area contributed by atoms with Crippen LogP contribution in [0, 0.1) is 0 Å². The van der Waals surface area contributed by atoms with Crippen molar-refractivity contribution >= 4 is 22.5 Å². The molecule has 0 amide bonds. The zero-order valence-electron chi connectivity index (χ0n) is 12.4. The highest BCUT2D eigenvalue weighted by Crippen LogP contribution is 2.36. The van der Waals surface area contributed by atoms with Gasteiger partial charge in [0.25, 0.3) is 0 Å². The lowest BCUT2D eigenvalue weighted by atomic mass is 9.98. The minimum atomic E-state index is -0.883. The number of carbonyl (C=O) groups is 2. The van der Waals surface area contributed by atoms with Crippen molar-refractivity contribution < 1.29 is 14.3 Å². The standard InChI is InChI=1S/C19H13NO3/c1-23-16-10-15(20-14-9-5-4-8-13(14)16)17-18(21)11-6-2-3-7-12(11)19(17)22/h2-10,17H,1H3. The van der Waals surface area contributed by atoms with Crippen LogP contribution in [0.2, 0.25) is 0 Å². The molecule has 0 saturated carbocycles. The molecule has 0 fully saturated rings. The number of ether oxygens (including phenoxy) is 1. The molecule has 4 nitrogen and oxygen atoms in total. The minimum Gasteiger partial charge on any atom is -0.496 e. The summed E-state index contributed by atoms with van der Waals surface area (Å²) in [7, 11) is 1.57. The number of carbonyl (C=O) groups excluding carboxylic acids is 2. The summed E-state index contributed by atoms with van der Waals surface area (Å²) in [6.45, 7) is 0. The number of aromatic nitrogens is 1. The molecule has 0 radical (unpaired) electrons. The molecule has 4 rings (SSSR count). The molecule has 0 N–H and O–H groups in total. The van der Waals surface area contributed by atoms with Gasteiger partial charge in [-0.25, -0.2) is 0 Å². The second kappa shape index (κ2) is 5.02. The SMILES string of the molecule is COc1cc(C2C(=O)c3ccccc3C2=O)nc2ccccc12. The molecule has 2 aromatic carbocycles. The molecule has 0 aliphatic heterocycles. The summed E-state index contributed by atoms with van der Waals surface area (Å²) in [6.07, 6.45) is 0. The van der Waals surface area contributed by atoms with Crippen molar-refractivity contribution in [3.63, 3.8) is 0 Å². The Morgan fingerprint density at radius 3 is 2.17 bits per heavy atom. The Kier molecular flexibility index (Phi) is 2.98. The van der Waals surface area contributed by atoms with E-state index < -0.39 is 5.92 Å². The van der Waals surface area contributed by atoms with Crippen LogP contribution in [0.5, 0.6) is 5.75 Å². The second-order valence-electron chi connectivity index (χ2n) is 5.47. The van der Waals surface area contributed by atoms with Gasteiger partial charge in [0.15, 0.2) is 11.6 Å². The van der Waals surface area contributed by atoms with Crippen LogP contribution in [-0.2, 0) is 0 Å². The van der Waals surface area contributed by atoms with Crippen LogP contribution in [-0.4, -0.2) is 23.7 Å². The summed E-state index contributed by atoms with van der Waals surface area (Å²) in [6, 6.07) is 16.1. The molecule has 3 aromatic rings. The molecule has 1 aliphatic carbocycles. The van der Waals surface area contributed by atoms with Gasteiger partial charge in [-0.3, -0.25) is 14.6 Å². The fraction of sp³-hybridized carbons (Fsp3) is 0.105. The van der Waals surface area contributed by atoms with Crippen LogP contribution in [0.15, 0.2) is 54.6 Å². The van der Waals surface area contributed by atoms with Gasteiger partial charge in [0.1, 0.15) is 11.7 Å². The number of rotatable bonds is 2. The molecular weight excluding hydrogens is 290 g/mol. The number of benzene rings is 2. The molecule has 0 atom stereocenters. The average molecular weight is 303 g/mol. The lowest BCUT2D eigenvalue weighted by Gasteiger charge is -2.11. The number of nitrogens with zero attached hydrogens (tertiary/aromatic N) is 1. The molecule has 0 bridgehead atoms. The third-order valence-electron chi connectivity index (χ3n) is 4.20. The van der Waals surface area contributed by atoms with Gasteiger partial charge >= 0.3 is 0 Å². The van der Waals surface area contributed by atoms with Crippen molar-refractivity contribution in [1.82, 2.24) is 4.98 Å². The number of hydrogen-bond acceptors (Lipinski definition) is 4. The highest BCUT2D eigenvalue weighted by atomic mass is 16.5. The van der Waals surface area contributed by atoms with Crippen LogP contribution < -0.4 is 4.74 Å². The second-order valence-corrected chi connectivity index (χ2v) is 5.47. The maximum Gasteiger partial charge on any atom is 0.180 e. The van der Waals surface area contributed by atoms with Crippen molar-refractivity contribution in [1.29, 1.82) is 0 Å². The van der Waals surface area contributed by atoms with E-state index in [1.54, 1.807) is 37.4 Å². The van der Waals surface area contributed by atoms with E-state index in [9.17, 15) is 9.59 Å². The first kappa shape index (κ1) is 13.6. The smallest absolute Gasteiger partial charge is 0.180 e. The molecule has 0 unspecified atom stereocenters. The van der Waals surface area contributed by atoms with Gasteiger partial charge in [0, 0.05) is 22.6 Å². The molecular formula is C19H13NO3. The van der Waals surface area contributed by atoms with Crippen molar-refractivity contribution in [2.24, 2.45) is 0 Å². The van der Waals surface area contributed by atoms with Crippen LogP contribution in [0.4, 0.5) is 0 Å². The van der Waals surface area contributed by atoms with E-state index in [2.05, 4.69) is 4.98 Å². The quantitative estimate of drug-likeness (QED) is 0.681. The fourth-order valence-corrected chi connectivity index (χ4v) is 3.09. The summed E-state index contributed by atoms with van der Waals surface area (Å²) < 4.78 is 5.41. The number of hydrogen-bond donors (Lipinski definition) is 0. The average Bonchev–Trinajstić information content (AvgIpc) is 2.85. The normalized spacial score (nSPS) is 14.3. The first-order chi connectivity index (χ1) is 11.2. The lowest BCUT2D eigenvalue weighted by molar-refractivity contribution is 0.0888. The molecule has 1 aromatic heterocycles. The van der Waals surface area contributed by atoms with E-state index in [1.165, 1.54) is 0 Å². The molecule has 1 aliphatic rings. The third kappa shape index (κ3) is 1.95. The summed E-state index contributed by atoms with van der Waals surface area (Å²) >= 11 is 0. The highest BCUT2D eigenvalue weighted by molar-refractivity contribution is 6.29. The van der Waals surface area contributed by atoms with E-state index in [0.29, 0.717) is 28.1 Å². The zero-order chi connectivity index (χ0) is 16.0.